The zero-order valence-electron chi connectivity index (χ0n) is 29.2. The van der Waals surface area contributed by atoms with Crippen LogP contribution in [0, 0.1) is 0 Å². The summed E-state index contributed by atoms with van der Waals surface area (Å²) in [5.74, 6) is -0.0939. The van der Waals surface area contributed by atoms with Crippen LogP contribution >= 0.6 is 0 Å². The molecule has 1 heterocycles. The maximum atomic E-state index is 9.91. The number of aryl methyl sites for hydroxylation is 4. The normalized spacial score (nSPS) is 11.6. The molecule has 0 aliphatic heterocycles. The number of hydrogen-bond donors (Lipinski definition) is 2. The van der Waals surface area contributed by atoms with Gasteiger partial charge in [0.2, 0.25) is 0 Å². The predicted molar refractivity (Wildman–Crippen MR) is 203 cm³/mol. The van der Waals surface area contributed by atoms with Crippen LogP contribution in [0.5, 0.6) is 11.5 Å². The number of pyridine rings is 1. The number of hydrogen-bond acceptors (Lipinski definition) is 5. The summed E-state index contributed by atoms with van der Waals surface area (Å²) in [4.78, 5) is 15.0. The molecule has 0 amide bonds. The van der Waals surface area contributed by atoms with E-state index in [2.05, 4.69) is 70.2 Å². The van der Waals surface area contributed by atoms with E-state index in [0.29, 0.717) is 10.8 Å². The van der Waals surface area contributed by atoms with Crippen molar-refractivity contribution in [2.24, 2.45) is 9.98 Å². The topological polar surface area (TPSA) is 78.1 Å². The largest absolute Gasteiger partial charge is 0.504 e. The molecule has 0 spiro atoms. The Hall–Kier alpha value is -4.78. The number of fused-ring (bicyclic) bond motifs is 3. The average Bonchev–Trinajstić information content (AvgIpc) is 3.14. The van der Waals surface area contributed by atoms with Gasteiger partial charge >= 0.3 is 0 Å². The van der Waals surface area contributed by atoms with Gasteiger partial charge in [0.1, 0.15) is 0 Å². The van der Waals surface area contributed by atoms with Gasteiger partial charge in [-0.25, -0.2) is 4.98 Å². The van der Waals surface area contributed by atoms with Crippen molar-refractivity contribution in [1.29, 1.82) is 0 Å². The second-order valence-electron chi connectivity index (χ2n) is 11.9. The number of aromatic nitrogens is 1. The number of nitrogens with zero attached hydrogens (tertiary/aromatic N) is 3. The van der Waals surface area contributed by atoms with E-state index < -0.39 is 0 Å². The molecule has 1 radical (unpaired) electrons. The van der Waals surface area contributed by atoms with Gasteiger partial charge in [-0.1, -0.05) is 119 Å². The molecule has 0 saturated heterocycles. The van der Waals surface area contributed by atoms with Crippen LogP contribution < -0.4 is 0 Å². The third-order valence-electron chi connectivity index (χ3n) is 8.86. The van der Waals surface area contributed by atoms with Crippen molar-refractivity contribution < 1.29 is 27.0 Å². The van der Waals surface area contributed by atoms with Crippen molar-refractivity contribution in [3.63, 3.8) is 0 Å². The summed E-state index contributed by atoms with van der Waals surface area (Å²) in [6.45, 7) is 12.8. The second-order valence-corrected chi connectivity index (χ2v) is 11.9. The molecule has 6 rings (SSSR count). The number of para-hydroxylation sites is 2. The van der Waals surface area contributed by atoms with E-state index in [1.807, 2.05) is 62.4 Å². The van der Waals surface area contributed by atoms with Crippen LogP contribution in [0.4, 0.5) is 11.4 Å². The summed E-state index contributed by atoms with van der Waals surface area (Å²) in [5, 5.41) is 23.1. The van der Waals surface area contributed by atoms with Gasteiger partial charge in [0, 0.05) is 27.6 Å². The van der Waals surface area contributed by atoms with E-state index in [0.717, 1.165) is 70.6 Å². The zero-order valence-corrected chi connectivity index (χ0v) is 30.3. The smallest absolute Gasteiger partial charge is 0.166 e. The Morgan fingerprint density at radius 2 is 0.776 bits per heavy atom. The van der Waals surface area contributed by atoms with Crippen molar-refractivity contribution in [3.8, 4) is 11.5 Å². The first-order chi connectivity index (χ1) is 23.3. The quantitative estimate of drug-likeness (QED) is 0.0946. The standard InChI is InChI=1S/C29H35N3.C14H10O2.Co/c1-7-22-14-11-15-23(8-2)28(22)30-20(5)26-18-13-19-27(32-26)21(6)31-29-24(9-3)16-12-17-25(29)10-4;15-13-11-7-3-1-5-9(11)10-6-2-4-8-12(10)14(13)16;/h11-19H,7-10H2,1-6H3;1-8,15-16H;/b30-20+,31-21+;;. The van der Waals surface area contributed by atoms with Gasteiger partial charge in [0.15, 0.2) is 11.5 Å². The molecule has 0 atom stereocenters. The van der Waals surface area contributed by atoms with E-state index >= 15 is 0 Å². The van der Waals surface area contributed by atoms with Crippen molar-refractivity contribution in [3.05, 3.63) is 137 Å². The van der Waals surface area contributed by atoms with Crippen molar-refractivity contribution in [2.45, 2.75) is 67.2 Å². The van der Waals surface area contributed by atoms with Crippen molar-refractivity contribution in [2.75, 3.05) is 0 Å². The average molecular weight is 695 g/mol. The molecular weight excluding hydrogens is 649 g/mol. The Morgan fingerprint density at radius 1 is 0.469 bits per heavy atom. The van der Waals surface area contributed by atoms with Crippen LogP contribution in [-0.2, 0) is 42.5 Å². The first kappa shape index (κ1) is 37.0. The minimum atomic E-state index is -0.0469. The first-order valence-corrected chi connectivity index (χ1v) is 16.9. The molecule has 2 N–H and O–H groups in total. The van der Waals surface area contributed by atoms with E-state index in [4.69, 9.17) is 15.0 Å². The molecule has 0 aliphatic carbocycles. The summed E-state index contributed by atoms with van der Waals surface area (Å²) in [7, 11) is 0. The van der Waals surface area contributed by atoms with E-state index in [9.17, 15) is 10.2 Å². The molecule has 5 aromatic carbocycles. The van der Waals surface area contributed by atoms with Gasteiger partial charge in [-0.3, -0.25) is 9.98 Å². The molecule has 253 valence electrons. The first-order valence-electron chi connectivity index (χ1n) is 16.9. The van der Waals surface area contributed by atoms with Gasteiger partial charge in [0.05, 0.1) is 34.2 Å². The molecule has 49 heavy (non-hydrogen) atoms. The van der Waals surface area contributed by atoms with Gasteiger partial charge in [-0.2, -0.15) is 0 Å². The minimum absolute atomic E-state index is 0. The van der Waals surface area contributed by atoms with Crippen molar-refractivity contribution >= 4 is 44.3 Å². The molecule has 0 aliphatic rings. The molecular formula is C43H45CoN3O2. The fourth-order valence-corrected chi connectivity index (χ4v) is 6.11. The van der Waals surface area contributed by atoms with E-state index in [1.165, 1.54) is 22.3 Å². The van der Waals surface area contributed by atoms with Crippen LogP contribution in [0.15, 0.2) is 113 Å². The molecule has 0 saturated carbocycles. The summed E-state index contributed by atoms with van der Waals surface area (Å²) in [6.07, 6.45) is 3.87. The molecule has 0 bridgehead atoms. The number of phenols is 2. The predicted octanol–water partition coefficient (Wildman–Crippen LogP) is 11.0. The van der Waals surface area contributed by atoms with Crippen LogP contribution in [-0.4, -0.2) is 26.6 Å². The number of aliphatic imine (C=N–C) groups is 2. The fourth-order valence-electron chi connectivity index (χ4n) is 6.11. The van der Waals surface area contributed by atoms with Gasteiger partial charge in [0.25, 0.3) is 0 Å². The Kier molecular flexibility index (Phi) is 12.9. The molecule has 0 fully saturated rings. The molecule has 6 aromatic rings. The Bertz CT molecular complexity index is 1940. The molecule has 6 heteroatoms. The van der Waals surface area contributed by atoms with E-state index in [-0.39, 0.29) is 28.3 Å². The van der Waals surface area contributed by atoms with Crippen LogP contribution in [0.1, 0.15) is 75.2 Å². The van der Waals surface area contributed by atoms with Gasteiger partial charge < -0.3 is 10.2 Å². The Balaban J connectivity index is 0.000000265. The Morgan fingerprint density at radius 3 is 1.10 bits per heavy atom. The van der Waals surface area contributed by atoms with Crippen LogP contribution in [0.2, 0.25) is 0 Å². The van der Waals surface area contributed by atoms with Gasteiger partial charge in [-0.15, -0.1) is 0 Å². The maximum absolute atomic E-state index is 9.91. The summed E-state index contributed by atoms with van der Waals surface area (Å²) < 4.78 is 0. The SMILES string of the molecule is CCc1cccc(CC)c1/N=C(\C)c1cccc(/C(C)=N/c2c(CC)cccc2CC)n1.Oc1c(O)c2ccccc2c2ccccc12.[Co]. The van der Waals surface area contributed by atoms with Gasteiger partial charge in [-0.05, 0) is 84.7 Å². The summed E-state index contributed by atoms with van der Waals surface area (Å²) >= 11 is 0. The molecule has 1 aromatic heterocycles. The third kappa shape index (κ3) is 8.10. The Labute approximate surface area is 300 Å². The number of benzene rings is 5. The third-order valence-corrected chi connectivity index (χ3v) is 8.86. The van der Waals surface area contributed by atoms with Crippen LogP contribution in [0.25, 0.3) is 21.5 Å². The number of rotatable bonds is 8. The summed E-state index contributed by atoms with van der Waals surface area (Å²) in [5.41, 5.74) is 10.9. The van der Waals surface area contributed by atoms with Crippen molar-refractivity contribution in [1.82, 2.24) is 4.98 Å². The fraction of sp³-hybridized carbons (Fsp3) is 0.233. The monoisotopic (exact) mass is 694 g/mol. The minimum Gasteiger partial charge on any atom is -0.504 e. The van der Waals surface area contributed by atoms with Crippen LogP contribution in [0.3, 0.4) is 0 Å². The van der Waals surface area contributed by atoms with E-state index in [1.54, 1.807) is 12.1 Å². The zero-order chi connectivity index (χ0) is 34.2. The molecule has 0 unspecified atom stereocenters. The molecule has 5 nitrogen and oxygen atoms in total. The maximum Gasteiger partial charge on any atom is 0.166 e. The number of phenolic OH excluding ortho intramolecular Hbond substituents is 2. The number of aromatic hydroxyl groups is 2. The summed E-state index contributed by atoms with van der Waals surface area (Å²) in [6, 6.07) is 34.1. The second kappa shape index (κ2) is 17.0.